The number of hydrogen-bond acceptors (Lipinski definition) is 5. The molecule has 1 aliphatic rings. The molecular weight excluding hydrogens is 306 g/mol. The van der Waals surface area contributed by atoms with Gasteiger partial charge in [0.15, 0.2) is 0 Å². The van der Waals surface area contributed by atoms with Crippen LogP contribution in [-0.4, -0.2) is 50.1 Å². The summed E-state index contributed by atoms with van der Waals surface area (Å²) in [6.45, 7) is 6.26. The Morgan fingerprint density at radius 2 is 2.12 bits per heavy atom. The third-order valence-corrected chi connectivity index (χ3v) is 4.70. The van der Waals surface area contributed by atoms with Gasteiger partial charge in [-0.05, 0) is 37.8 Å². The highest BCUT2D eigenvalue weighted by molar-refractivity contribution is 6.01. The van der Waals surface area contributed by atoms with E-state index < -0.39 is 5.97 Å². The van der Waals surface area contributed by atoms with Crippen molar-refractivity contribution in [1.29, 1.82) is 5.41 Å². The first-order valence-electron chi connectivity index (χ1n) is 8.54. The summed E-state index contributed by atoms with van der Waals surface area (Å²) in [6, 6.07) is 1.95. The number of carboxylic acids is 1. The average molecular weight is 333 g/mol. The van der Waals surface area contributed by atoms with Crippen LogP contribution in [0.5, 0.6) is 0 Å². The zero-order valence-corrected chi connectivity index (χ0v) is 14.7. The fourth-order valence-corrected chi connectivity index (χ4v) is 3.55. The zero-order valence-electron chi connectivity index (χ0n) is 14.7. The number of nitrogens with zero attached hydrogens (tertiary/aromatic N) is 1. The van der Waals surface area contributed by atoms with E-state index >= 15 is 0 Å². The van der Waals surface area contributed by atoms with Crippen molar-refractivity contribution in [2.45, 2.75) is 39.2 Å². The zero-order chi connectivity index (χ0) is 17.7. The second-order valence-electron chi connectivity index (χ2n) is 5.90. The summed E-state index contributed by atoms with van der Waals surface area (Å²) >= 11 is 0. The molecule has 1 saturated heterocycles. The van der Waals surface area contributed by atoms with Crippen molar-refractivity contribution in [2.75, 3.05) is 37.0 Å². The number of ether oxygens (including phenoxy) is 1. The summed E-state index contributed by atoms with van der Waals surface area (Å²) in [7, 11) is 1.76. The number of carbonyl (C=O) groups is 1. The molecule has 1 aromatic rings. The van der Waals surface area contributed by atoms with Crippen LogP contribution in [0.2, 0.25) is 0 Å². The molecule has 0 amide bonds. The van der Waals surface area contributed by atoms with Crippen LogP contribution in [0.1, 0.15) is 48.2 Å². The Hall–Kier alpha value is -2.08. The quantitative estimate of drug-likeness (QED) is 0.668. The van der Waals surface area contributed by atoms with E-state index in [4.69, 9.17) is 10.1 Å². The van der Waals surface area contributed by atoms with Gasteiger partial charge < -0.3 is 25.5 Å². The van der Waals surface area contributed by atoms with Crippen LogP contribution in [-0.2, 0) is 11.2 Å². The minimum atomic E-state index is -0.927. The summed E-state index contributed by atoms with van der Waals surface area (Å²) in [4.78, 5) is 14.0. The molecule has 1 aromatic carbocycles. The van der Waals surface area contributed by atoms with Gasteiger partial charge in [0.1, 0.15) is 0 Å². The van der Waals surface area contributed by atoms with Crippen molar-refractivity contribution < 1.29 is 14.6 Å². The van der Waals surface area contributed by atoms with Crippen molar-refractivity contribution >= 4 is 23.6 Å². The van der Waals surface area contributed by atoms with Crippen LogP contribution in [0, 0.1) is 5.41 Å². The van der Waals surface area contributed by atoms with Gasteiger partial charge in [0.25, 0.3) is 0 Å². The molecule has 1 fully saturated rings. The standard InChI is InChI=1S/C18H27N3O3/c1-4-13-14(18(22)23)10-16(20-3)15(11-19)17(13)21(5-2)12-6-8-24-9-7-12/h10-12,19-20H,4-9H2,1-3H3,(H,22,23). The second-order valence-corrected chi connectivity index (χ2v) is 5.90. The fourth-order valence-electron chi connectivity index (χ4n) is 3.55. The summed E-state index contributed by atoms with van der Waals surface area (Å²) in [6.07, 6.45) is 3.77. The Morgan fingerprint density at radius 3 is 2.58 bits per heavy atom. The van der Waals surface area contributed by atoms with Crippen molar-refractivity contribution in [3.8, 4) is 0 Å². The normalized spacial score (nSPS) is 15.1. The van der Waals surface area contributed by atoms with Gasteiger partial charge in [0, 0.05) is 50.3 Å². The van der Waals surface area contributed by atoms with E-state index in [1.807, 2.05) is 6.92 Å². The molecule has 3 N–H and O–H groups in total. The van der Waals surface area contributed by atoms with Gasteiger partial charge in [-0.2, -0.15) is 0 Å². The monoisotopic (exact) mass is 333 g/mol. The number of hydrogen-bond donors (Lipinski definition) is 3. The Labute approximate surface area is 143 Å². The molecular formula is C18H27N3O3. The predicted octanol–water partition coefficient (Wildman–Crippen LogP) is 2.99. The molecule has 0 unspecified atom stereocenters. The van der Waals surface area contributed by atoms with Crippen molar-refractivity contribution in [3.63, 3.8) is 0 Å². The predicted molar refractivity (Wildman–Crippen MR) is 97.1 cm³/mol. The first kappa shape index (κ1) is 18.3. The van der Waals surface area contributed by atoms with E-state index in [1.165, 1.54) is 6.21 Å². The Morgan fingerprint density at radius 1 is 1.46 bits per heavy atom. The smallest absolute Gasteiger partial charge is 0.336 e. The minimum absolute atomic E-state index is 0.307. The van der Waals surface area contributed by atoms with Gasteiger partial charge in [-0.15, -0.1) is 0 Å². The number of benzene rings is 1. The van der Waals surface area contributed by atoms with Crippen molar-refractivity contribution in [2.24, 2.45) is 0 Å². The van der Waals surface area contributed by atoms with E-state index in [0.717, 1.165) is 49.4 Å². The summed E-state index contributed by atoms with van der Waals surface area (Å²) in [5.41, 5.74) is 3.43. The maximum absolute atomic E-state index is 11.8. The fraction of sp³-hybridized carbons (Fsp3) is 0.556. The lowest BCUT2D eigenvalue weighted by molar-refractivity contribution is 0.0695. The van der Waals surface area contributed by atoms with E-state index in [2.05, 4.69) is 17.1 Å². The van der Waals surface area contributed by atoms with Crippen molar-refractivity contribution in [3.05, 3.63) is 22.8 Å². The van der Waals surface area contributed by atoms with E-state index in [-0.39, 0.29) is 0 Å². The van der Waals surface area contributed by atoms with Crippen LogP contribution in [0.3, 0.4) is 0 Å². The molecule has 0 bridgehead atoms. The highest BCUT2D eigenvalue weighted by atomic mass is 16.5. The minimum Gasteiger partial charge on any atom is -0.478 e. The molecule has 0 radical (unpaired) electrons. The highest BCUT2D eigenvalue weighted by Crippen LogP contribution is 2.36. The molecule has 0 aromatic heterocycles. The van der Waals surface area contributed by atoms with Crippen LogP contribution in [0.25, 0.3) is 0 Å². The topological polar surface area (TPSA) is 85.7 Å². The van der Waals surface area contributed by atoms with E-state index in [9.17, 15) is 9.90 Å². The molecule has 6 heteroatoms. The van der Waals surface area contributed by atoms with Gasteiger partial charge in [-0.3, -0.25) is 0 Å². The molecule has 132 valence electrons. The third-order valence-electron chi connectivity index (χ3n) is 4.70. The van der Waals surface area contributed by atoms with Crippen molar-refractivity contribution in [1.82, 2.24) is 0 Å². The van der Waals surface area contributed by atoms with Crippen LogP contribution in [0.15, 0.2) is 6.07 Å². The Kier molecular flexibility index (Phi) is 6.20. The molecule has 2 rings (SSSR count). The second kappa shape index (κ2) is 8.15. The number of rotatable bonds is 7. The van der Waals surface area contributed by atoms with Gasteiger partial charge in [0.05, 0.1) is 11.3 Å². The summed E-state index contributed by atoms with van der Waals surface area (Å²) in [5.74, 6) is -0.927. The molecule has 0 saturated carbocycles. The van der Waals surface area contributed by atoms with Gasteiger partial charge in [-0.25, -0.2) is 4.79 Å². The molecule has 0 spiro atoms. The number of aromatic carboxylic acids is 1. The number of anilines is 2. The lowest BCUT2D eigenvalue weighted by atomic mass is 9.94. The Bertz CT molecular complexity index is 610. The molecule has 1 heterocycles. The van der Waals surface area contributed by atoms with Crippen LogP contribution in [0.4, 0.5) is 11.4 Å². The highest BCUT2D eigenvalue weighted by Gasteiger charge is 2.28. The van der Waals surface area contributed by atoms with Crippen LogP contribution >= 0.6 is 0 Å². The van der Waals surface area contributed by atoms with E-state index in [1.54, 1.807) is 13.1 Å². The maximum atomic E-state index is 11.8. The SMILES string of the molecule is CCc1c(C(=O)O)cc(NC)c(C=N)c1N(CC)C1CCOCC1. The van der Waals surface area contributed by atoms with E-state index in [0.29, 0.717) is 23.7 Å². The van der Waals surface area contributed by atoms with Crippen LogP contribution < -0.4 is 10.2 Å². The largest absolute Gasteiger partial charge is 0.478 e. The molecule has 1 aliphatic heterocycles. The first-order chi connectivity index (χ1) is 11.6. The summed E-state index contributed by atoms with van der Waals surface area (Å²) < 4.78 is 5.47. The number of carboxylic acid groups (broad SMARTS) is 1. The lowest BCUT2D eigenvalue weighted by Gasteiger charge is -2.38. The average Bonchev–Trinajstić information content (AvgIpc) is 2.61. The Balaban J connectivity index is 2.68. The molecule has 6 nitrogen and oxygen atoms in total. The molecule has 24 heavy (non-hydrogen) atoms. The molecule has 0 aliphatic carbocycles. The third kappa shape index (κ3) is 3.38. The maximum Gasteiger partial charge on any atom is 0.336 e. The van der Waals surface area contributed by atoms with Gasteiger partial charge >= 0.3 is 5.97 Å². The molecule has 0 atom stereocenters. The first-order valence-corrected chi connectivity index (χ1v) is 8.54. The summed E-state index contributed by atoms with van der Waals surface area (Å²) in [5, 5.41) is 20.6. The lowest BCUT2D eigenvalue weighted by Crippen LogP contribution is -2.40. The van der Waals surface area contributed by atoms with Gasteiger partial charge in [-0.1, -0.05) is 6.92 Å². The van der Waals surface area contributed by atoms with Gasteiger partial charge in [0.2, 0.25) is 0 Å². The number of nitrogens with one attached hydrogen (secondary N) is 2.